The second-order valence-corrected chi connectivity index (χ2v) is 8.60. The van der Waals surface area contributed by atoms with Crippen LogP contribution in [0, 0.1) is 0 Å². The summed E-state index contributed by atoms with van der Waals surface area (Å²) in [6.07, 6.45) is 0. The van der Waals surface area contributed by atoms with Crippen LogP contribution in [0.3, 0.4) is 0 Å². The number of aromatic nitrogens is 1. The summed E-state index contributed by atoms with van der Waals surface area (Å²) < 4.78 is 5.50. The third kappa shape index (κ3) is 4.71. The van der Waals surface area contributed by atoms with Crippen LogP contribution in [0.15, 0.2) is 29.6 Å². The fourth-order valence-electron chi connectivity index (χ4n) is 3.88. The molecule has 1 amide bonds. The molecule has 0 atom stereocenters. The molecule has 156 valence electrons. The molecule has 0 saturated carbocycles. The number of hydrogen-bond donors (Lipinski definition) is 0. The number of carbonyl (C=O) groups is 1. The van der Waals surface area contributed by atoms with Gasteiger partial charge in [-0.15, -0.1) is 11.3 Å². The lowest BCUT2D eigenvalue weighted by molar-refractivity contribution is 0.0658. The molecule has 4 rings (SSSR count). The summed E-state index contributed by atoms with van der Waals surface area (Å²) in [5.41, 5.74) is 1.76. The molecular formula is C21H29N5O2S. The number of ether oxygens (including phenoxy) is 1. The van der Waals surface area contributed by atoms with Gasteiger partial charge in [-0.1, -0.05) is 12.1 Å². The van der Waals surface area contributed by atoms with E-state index in [0.717, 1.165) is 75.3 Å². The monoisotopic (exact) mass is 415 g/mol. The summed E-state index contributed by atoms with van der Waals surface area (Å²) in [5, 5.41) is 2.94. The largest absolute Gasteiger partial charge is 0.495 e. The summed E-state index contributed by atoms with van der Waals surface area (Å²) >= 11 is 1.60. The number of nitrogens with zero attached hydrogens (tertiary/aromatic N) is 5. The number of para-hydroxylation sites is 2. The quantitative estimate of drug-likeness (QED) is 0.743. The molecule has 8 heteroatoms. The second kappa shape index (κ2) is 9.11. The lowest BCUT2D eigenvalue weighted by Gasteiger charge is -2.36. The molecule has 0 radical (unpaired) electrons. The van der Waals surface area contributed by atoms with Gasteiger partial charge in [-0.3, -0.25) is 9.69 Å². The molecule has 0 spiro atoms. The maximum Gasteiger partial charge on any atom is 0.273 e. The zero-order valence-corrected chi connectivity index (χ0v) is 18.0. The number of anilines is 1. The van der Waals surface area contributed by atoms with Crippen molar-refractivity contribution >= 4 is 22.9 Å². The van der Waals surface area contributed by atoms with Crippen molar-refractivity contribution in [2.24, 2.45) is 0 Å². The van der Waals surface area contributed by atoms with Gasteiger partial charge in [0.2, 0.25) is 0 Å². The van der Waals surface area contributed by atoms with Crippen LogP contribution in [0.4, 0.5) is 5.69 Å². The van der Waals surface area contributed by atoms with E-state index in [1.165, 1.54) is 0 Å². The number of likely N-dealkylation sites (N-methyl/N-ethyl adjacent to an activating group) is 1. The van der Waals surface area contributed by atoms with Crippen molar-refractivity contribution in [3.63, 3.8) is 0 Å². The SMILES string of the molecule is COc1ccccc1N1CCN(Cc2nc(C(=O)N3CCN(C)CC3)cs2)CC1. The van der Waals surface area contributed by atoms with Gasteiger partial charge in [-0.2, -0.15) is 0 Å². The molecule has 1 aromatic heterocycles. The lowest BCUT2D eigenvalue weighted by atomic mass is 10.2. The van der Waals surface area contributed by atoms with Crippen molar-refractivity contribution < 1.29 is 9.53 Å². The summed E-state index contributed by atoms with van der Waals surface area (Å²) in [6.45, 7) is 8.09. The Morgan fingerprint density at radius 3 is 2.52 bits per heavy atom. The highest BCUT2D eigenvalue weighted by atomic mass is 32.1. The van der Waals surface area contributed by atoms with Crippen LogP contribution in [-0.2, 0) is 6.54 Å². The minimum absolute atomic E-state index is 0.0709. The maximum absolute atomic E-state index is 12.7. The Labute approximate surface area is 176 Å². The Balaban J connectivity index is 1.30. The van der Waals surface area contributed by atoms with Crippen LogP contribution in [-0.4, -0.2) is 92.1 Å². The average Bonchev–Trinajstić information content (AvgIpc) is 3.23. The highest BCUT2D eigenvalue weighted by molar-refractivity contribution is 7.09. The molecule has 2 aliphatic rings. The summed E-state index contributed by atoms with van der Waals surface area (Å²) in [4.78, 5) is 26.3. The predicted molar refractivity (Wildman–Crippen MR) is 116 cm³/mol. The molecule has 7 nitrogen and oxygen atoms in total. The van der Waals surface area contributed by atoms with E-state index in [1.54, 1.807) is 18.4 Å². The van der Waals surface area contributed by atoms with Gasteiger partial charge in [0.05, 0.1) is 19.3 Å². The first kappa shape index (κ1) is 20.1. The number of methoxy groups -OCH3 is 1. The van der Waals surface area contributed by atoms with Crippen LogP contribution in [0.25, 0.3) is 0 Å². The van der Waals surface area contributed by atoms with Crippen LogP contribution >= 0.6 is 11.3 Å². The van der Waals surface area contributed by atoms with Gasteiger partial charge in [0.15, 0.2) is 0 Å². The third-order valence-corrected chi connectivity index (χ3v) is 6.55. The fourth-order valence-corrected chi connectivity index (χ4v) is 4.69. The van der Waals surface area contributed by atoms with Crippen LogP contribution in [0.5, 0.6) is 5.75 Å². The highest BCUT2D eigenvalue weighted by Crippen LogP contribution is 2.28. The van der Waals surface area contributed by atoms with Crippen molar-refractivity contribution in [2.45, 2.75) is 6.54 Å². The molecule has 2 aromatic rings. The number of amides is 1. The van der Waals surface area contributed by atoms with Crippen molar-refractivity contribution in [1.82, 2.24) is 19.7 Å². The maximum atomic E-state index is 12.7. The highest BCUT2D eigenvalue weighted by Gasteiger charge is 2.24. The first-order valence-corrected chi connectivity index (χ1v) is 11.0. The van der Waals surface area contributed by atoms with E-state index < -0.39 is 0 Å². The van der Waals surface area contributed by atoms with Gasteiger partial charge in [-0.25, -0.2) is 4.98 Å². The predicted octanol–water partition coefficient (Wildman–Crippen LogP) is 1.86. The number of piperazine rings is 2. The minimum atomic E-state index is 0.0709. The molecule has 0 N–H and O–H groups in total. The van der Waals surface area contributed by atoms with Crippen LogP contribution < -0.4 is 9.64 Å². The Morgan fingerprint density at radius 2 is 1.79 bits per heavy atom. The Bertz CT molecular complexity index is 826. The number of benzene rings is 1. The molecular weight excluding hydrogens is 386 g/mol. The zero-order valence-electron chi connectivity index (χ0n) is 17.2. The third-order valence-electron chi connectivity index (χ3n) is 5.72. The molecule has 0 aliphatic carbocycles. The van der Waals surface area contributed by atoms with Gasteiger partial charge < -0.3 is 19.4 Å². The smallest absolute Gasteiger partial charge is 0.273 e. The molecule has 29 heavy (non-hydrogen) atoms. The van der Waals surface area contributed by atoms with Gasteiger partial charge in [0, 0.05) is 57.7 Å². The van der Waals surface area contributed by atoms with Gasteiger partial charge in [0.25, 0.3) is 5.91 Å². The number of hydrogen-bond acceptors (Lipinski definition) is 7. The lowest BCUT2D eigenvalue weighted by Crippen LogP contribution is -2.47. The molecule has 3 heterocycles. The zero-order chi connectivity index (χ0) is 20.2. The molecule has 2 saturated heterocycles. The topological polar surface area (TPSA) is 52.2 Å². The van der Waals surface area contributed by atoms with E-state index in [9.17, 15) is 4.79 Å². The summed E-state index contributed by atoms with van der Waals surface area (Å²) in [5.74, 6) is 0.995. The van der Waals surface area contributed by atoms with Gasteiger partial charge in [0.1, 0.15) is 16.5 Å². The first-order chi connectivity index (χ1) is 14.1. The Morgan fingerprint density at radius 1 is 1.07 bits per heavy atom. The molecule has 0 unspecified atom stereocenters. The van der Waals surface area contributed by atoms with E-state index >= 15 is 0 Å². The Kier molecular flexibility index (Phi) is 6.32. The fraction of sp³-hybridized carbons (Fsp3) is 0.524. The standard InChI is InChI=1S/C21H29N5O2S/c1-23-7-11-26(12-8-23)21(27)17-16-29-20(22-17)15-24-9-13-25(14-10-24)18-5-3-4-6-19(18)28-2/h3-6,16H,7-15H2,1-2H3. The first-order valence-electron chi connectivity index (χ1n) is 10.2. The van der Waals surface area contributed by atoms with Crippen LogP contribution in [0.1, 0.15) is 15.5 Å². The number of carbonyl (C=O) groups excluding carboxylic acids is 1. The van der Waals surface area contributed by atoms with E-state index in [4.69, 9.17) is 4.74 Å². The minimum Gasteiger partial charge on any atom is -0.495 e. The summed E-state index contributed by atoms with van der Waals surface area (Å²) in [6, 6.07) is 8.18. The Hall–Kier alpha value is -2.16. The number of rotatable bonds is 5. The summed E-state index contributed by atoms with van der Waals surface area (Å²) in [7, 11) is 3.81. The normalized spacial score (nSPS) is 18.8. The second-order valence-electron chi connectivity index (χ2n) is 7.66. The van der Waals surface area contributed by atoms with Gasteiger partial charge in [-0.05, 0) is 19.2 Å². The van der Waals surface area contributed by atoms with Crippen molar-refractivity contribution in [3.8, 4) is 5.75 Å². The van der Waals surface area contributed by atoms with E-state index in [0.29, 0.717) is 5.69 Å². The van der Waals surface area contributed by atoms with E-state index in [1.807, 2.05) is 22.4 Å². The van der Waals surface area contributed by atoms with E-state index in [-0.39, 0.29) is 5.91 Å². The van der Waals surface area contributed by atoms with Crippen molar-refractivity contribution in [3.05, 3.63) is 40.3 Å². The molecule has 1 aromatic carbocycles. The van der Waals surface area contributed by atoms with E-state index in [2.05, 4.69) is 38.9 Å². The van der Waals surface area contributed by atoms with Crippen molar-refractivity contribution in [1.29, 1.82) is 0 Å². The average molecular weight is 416 g/mol. The number of thiazole rings is 1. The molecule has 2 fully saturated rings. The molecule has 0 bridgehead atoms. The van der Waals surface area contributed by atoms with Crippen molar-refractivity contribution in [2.75, 3.05) is 71.4 Å². The van der Waals surface area contributed by atoms with Crippen LogP contribution in [0.2, 0.25) is 0 Å². The van der Waals surface area contributed by atoms with Gasteiger partial charge >= 0.3 is 0 Å². The molecule has 2 aliphatic heterocycles.